The minimum Gasteiger partial charge on any atom is -0.462 e. The lowest BCUT2D eigenvalue weighted by molar-refractivity contribution is -0.167. The molecule has 0 rings (SSSR count). The number of carbonyl (C=O) groups excluding carboxylic acids is 3. The van der Waals surface area contributed by atoms with Gasteiger partial charge in [0, 0.05) is 19.3 Å². The van der Waals surface area contributed by atoms with E-state index in [4.69, 9.17) is 14.2 Å². The van der Waals surface area contributed by atoms with Crippen LogP contribution in [0, 0.1) is 0 Å². The van der Waals surface area contributed by atoms with Crippen molar-refractivity contribution in [1.29, 1.82) is 0 Å². The number of rotatable bonds is 56. The highest BCUT2D eigenvalue weighted by molar-refractivity contribution is 5.71. The van der Waals surface area contributed by atoms with Crippen LogP contribution in [-0.4, -0.2) is 37.2 Å². The third-order valence-corrected chi connectivity index (χ3v) is 13.0. The minimum absolute atomic E-state index is 0.101. The van der Waals surface area contributed by atoms with E-state index in [-0.39, 0.29) is 31.1 Å². The number of hydrogen-bond acceptors (Lipinski definition) is 6. The average Bonchev–Trinajstić information content (AvgIpc) is 3.45. The predicted molar refractivity (Wildman–Crippen MR) is 343 cm³/mol. The van der Waals surface area contributed by atoms with Gasteiger partial charge >= 0.3 is 17.9 Å². The molecule has 6 heteroatoms. The van der Waals surface area contributed by atoms with Crippen molar-refractivity contribution in [1.82, 2.24) is 0 Å². The maximum absolute atomic E-state index is 12.9. The Labute approximate surface area is 486 Å². The first-order valence-corrected chi connectivity index (χ1v) is 32.0. The molecule has 444 valence electrons. The average molecular weight is 1090 g/mol. The normalized spacial score (nSPS) is 13.2. The number of hydrogen-bond donors (Lipinski definition) is 0. The number of carbonyl (C=O) groups is 3. The van der Waals surface area contributed by atoms with E-state index >= 15 is 0 Å². The Morgan fingerprint density at radius 1 is 0.266 bits per heavy atom. The van der Waals surface area contributed by atoms with Gasteiger partial charge in [0.15, 0.2) is 6.10 Å². The molecule has 0 radical (unpaired) electrons. The molecule has 79 heavy (non-hydrogen) atoms. The van der Waals surface area contributed by atoms with Gasteiger partial charge in [0.05, 0.1) is 0 Å². The second kappa shape index (κ2) is 65.5. The highest BCUT2D eigenvalue weighted by Crippen LogP contribution is 2.14. The zero-order chi connectivity index (χ0) is 57.1. The molecule has 0 aliphatic heterocycles. The van der Waals surface area contributed by atoms with Gasteiger partial charge in [0.2, 0.25) is 0 Å². The highest BCUT2D eigenvalue weighted by atomic mass is 16.6. The van der Waals surface area contributed by atoms with Crippen LogP contribution >= 0.6 is 0 Å². The van der Waals surface area contributed by atoms with Crippen molar-refractivity contribution in [2.24, 2.45) is 0 Å². The summed E-state index contributed by atoms with van der Waals surface area (Å²) >= 11 is 0. The first-order chi connectivity index (χ1) is 39.0. The third-order valence-electron chi connectivity index (χ3n) is 13.0. The topological polar surface area (TPSA) is 78.9 Å². The van der Waals surface area contributed by atoms with Gasteiger partial charge in [0.25, 0.3) is 0 Å². The van der Waals surface area contributed by atoms with Gasteiger partial charge in [-0.2, -0.15) is 0 Å². The molecule has 0 bridgehead atoms. The quantitative estimate of drug-likeness (QED) is 0.0261. The molecule has 0 aromatic carbocycles. The Morgan fingerprint density at radius 3 is 0.823 bits per heavy atom. The van der Waals surface area contributed by atoms with Crippen molar-refractivity contribution in [2.45, 2.75) is 271 Å². The fourth-order valence-electron chi connectivity index (χ4n) is 8.24. The Bertz CT molecular complexity index is 1780. The molecule has 0 saturated carbocycles. The summed E-state index contributed by atoms with van der Waals surface area (Å²) < 4.78 is 16.8. The fourth-order valence-corrected chi connectivity index (χ4v) is 8.24. The lowest BCUT2D eigenvalue weighted by Gasteiger charge is -2.18. The van der Waals surface area contributed by atoms with E-state index in [1.54, 1.807) is 0 Å². The number of esters is 3. The molecule has 0 aliphatic rings. The van der Waals surface area contributed by atoms with Gasteiger partial charge in [-0.05, 0) is 135 Å². The molecule has 0 saturated heterocycles. The Morgan fingerprint density at radius 2 is 0.494 bits per heavy atom. The van der Waals surface area contributed by atoms with Crippen LogP contribution in [0.1, 0.15) is 265 Å². The summed E-state index contributed by atoms with van der Waals surface area (Å²) in [7, 11) is 0. The van der Waals surface area contributed by atoms with E-state index in [1.165, 1.54) is 77.0 Å². The molecule has 0 amide bonds. The fraction of sp³-hybridized carbons (Fsp3) is 0.603. The summed E-state index contributed by atoms with van der Waals surface area (Å²) in [4.78, 5) is 38.1. The van der Waals surface area contributed by atoms with Crippen LogP contribution in [0.2, 0.25) is 0 Å². The maximum atomic E-state index is 12.9. The summed E-state index contributed by atoms with van der Waals surface area (Å²) in [6, 6.07) is 0. The van der Waals surface area contributed by atoms with Crippen LogP contribution in [0.4, 0.5) is 0 Å². The maximum Gasteiger partial charge on any atom is 0.306 e. The van der Waals surface area contributed by atoms with Gasteiger partial charge in [-0.15, -0.1) is 0 Å². The van der Waals surface area contributed by atoms with Crippen LogP contribution in [0.3, 0.4) is 0 Å². The molecule has 0 fully saturated rings. The van der Waals surface area contributed by atoms with Crippen LogP contribution < -0.4 is 0 Å². The van der Waals surface area contributed by atoms with Crippen molar-refractivity contribution in [3.63, 3.8) is 0 Å². The van der Waals surface area contributed by atoms with Crippen molar-refractivity contribution in [2.75, 3.05) is 13.2 Å². The molecular formula is C73H116O6. The third kappa shape index (κ3) is 63.7. The highest BCUT2D eigenvalue weighted by Gasteiger charge is 2.19. The van der Waals surface area contributed by atoms with E-state index in [1.807, 2.05) is 0 Å². The summed E-state index contributed by atoms with van der Waals surface area (Å²) in [5.74, 6) is -0.967. The standard InChI is InChI=1S/C73H116O6/c1-4-7-10-13-16-19-21-23-25-27-29-30-31-32-33-34-35-36-37-38-39-40-41-42-44-45-47-49-51-54-57-60-63-66-72(75)78-69-70(68-77-71(74)65-62-59-56-53-18-15-12-9-6-3)79-73(76)67-64-61-58-55-52-50-48-46-43-28-26-24-22-20-17-14-11-8-5-2/h7,10,16-17,19-20,23-26,29-30,32-33,35-36,38-39,41-43,45-47,51,54,70H,4-6,8-9,11-15,18,21-22,27-28,31,34,37,40,44,48-50,52-53,55-69H2,1-3H3/b10-7-,19-16-,20-17-,25-23-,26-24-,30-29-,33-32-,36-35-,39-38-,42-41-,46-43-,47-45-,54-51-. The monoisotopic (exact) mass is 1090 g/mol. The lowest BCUT2D eigenvalue weighted by Crippen LogP contribution is -2.30. The van der Waals surface area contributed by atoms with Crippen LogP contribution in [0.25, 0.3) is 0 Å². The zero-order valence-corrected chi connectivity index (χ0v) is 50.8. The molecule has 1 atom stereocenters. The van der Waals surface area contributed by atoms with Crippen molar-refractivity contribution in [3.05, 3.63) is 158 Å². The van der Waals surface area contributed by atoms with Crippen LogP contribution in [-0.2, 0) is 28.6 Å². The molecule has 0 heterocycles. The largest absolute Gasteiger partial charge is 0.462 e. The van der Waals surface area contributed by atoms with Crippen LogP contribution in [0.5, 0.6) is 0 Å². The first-order valence-electron chi connectivity index (χ1n) is 32.0. The summed E-state index contributed by atoms with van der Waals surface area (Å²) in [5, 5.41) is 0. The van der Waals surface area contributed by atoms with E-state index in [2.05, 4.69) is 179 Å². The molecule has 1 unspecified atom stereocenters. The molecular weight excluding hydrogens is 973 g/mol. The zero-order valence-electron chi connectivity index (χ0n) is 50.8. The number of unbranched alkanes of at least 4 members (excludes halogenated alkanes) is 19. The minimum atomic E-state index is -0.808. The van der Waals surface area contributed by atoms with Crippen molar-refractivity contribution in [3.8, 4) is 0 Å². The van der Waals surface area contributed by atoms with E-state index in [0.717, 1.165) is 141 Å². The number of ether oxygens (including phenoxy) is 3. The van der Waals surface area contributed by atoms with Gasteiger partial charge in [-0.3, -0.25) is 14.4 Å². The Hall–Kier alpha value is -4.97. The molecule has 0 spiro atoms. The molecule has 0 aromatic rings. The first kappa shape index (κ1) is 74.0. The number of allylic oxidation sites excluding steroid dienone is 26. The molecule has 0 N–H and O–H groups in total. The van der Waals surface area contributed by atoms with Crippen molar-refractivity contribution < 1.29 is 28.6 Å². The van der Waals surface area contributed by atoms with E-state index in [9.17, 15) is 14.4 Å². The summed E-state index contributed by atoms with van der Waals surface area (Å²) in [5.41, 5.74) is 0. The second-order valence-corrected chi connectivity index (χ2v) is 20.6. The summed E-state index contributed by atoms with van der Waals surface area (Å²) in [6.45, 7) is 6.42. The molecule has 0 aromatic heterocycles. The smallest absolute Gasteiger partial charge is 0.306 e. The van der Waals surface area contributed by atoms with Gasteiger partial charge < -0.3 is 14.2 Å². The second-order valence-electron chi connectivity index (χ2n) is 20.6. The summed E-state index contributed by atoms with van der Waals surface area (Å²) in [6.07, 6.45) is 95.4. The SMILES string of the molecule is CC/C=C\C/C=C\C/C=C\C/C=C\C/C=C\C/C=C\C/C=C\C/C=C\C/C=C\C/C=C\CCCCC(=O)OCC(COC(=O)CCCCCCCCCCC)OC(=O)CCCCCCCC/C=C\C/C=C\C/C=C\CCCCC. The van der Waals surface area contributed by atoms with E-state index < -0.39 is 6.10 Å². The lowest BCUT2D eigenvalue weighted by atomic mass is 10.1. The van der Waals surface area contributed by atoms with Gasteiger partial charge in [0.1, 0.15) is 13.2 Å². The van der Waals surface area contributed by atoms with E-state index in [0.29, 0.717) is 25.7 Å². The molecule has 6 nitrogen and oxygen atoms in total. The van der Waals surface area contributed by atoms with Gasteiger partial charge in [-0.1, -0.05) is 269 Å². The molecule has 0 aliphatic carbocycles. The Balaban J connectivity index is 4.35. The Kier molecular flexibility index (Phi) is 61.4. The van der Waals surface area contributed by atoms with Crippen molar-refractivity contribution >= 4 is 17.9 Å². The van der Waals surface area contributed by atoms with Gasteiger partial charge in [-0.25, -0.2) is 0 Å². The van der Waals surface area contributed by atoms with Crippen LogP contribution in [0.15, 0.2) is 158 Å². The predicted octanol–water partition coefficient (Wildman–Crippen LogP) is 22.1.